The lowest BCUT2D eigenvalue weighted by Gasteiger charge is -2.34. The maximum Gasteiger partial charge on any atom is 0.264 e. The van der Waals surface area contributed by atoms with Crippen LogP contribution in [0, 0.1) is 6.92 Å². The Morgan fingerprint density at radius 2 is 1.60 bits per heavy atom. The molecule has 2 amide bonds. The molecule has 0 fully saturated rings. The molecule has 0 aliphatic heterocycles. The summed E-state index contributed by atoms with van der Waals surface area (Å²) in [5.74, 6) is -0.906. The first-order chi connectivity index (χ1) is 18.8. The summed E-state index contributed by atoms with van der Waals surface area (Å²) in [4.78, 5) is 28.7. The maximum absolute atomic E-state index is 14.1. The zero-order valence-corrected chi connectivity index (χ0v) is 25.8. The van der Waals surface area contributed by atoms with E-state index in [1.807, 2.05) is 13.8 Å². The average molecular weight is 625 g/mol. The molecule has 0 saturated carbocycles. The van der Waals surface area contributed by atoms with E-state index < -0.39 is 28.5 Å². The lowest BCUT2D eigenvalue weighted by molar-refractivity contribution is -0.140. The summed E-state index contributed by atoms with van der Waals surface area (Å²) in [5, 5.41) is 3.95. The van der Waals surface area contributed by atoms with Crippen molar-refractivity contribution in [1.82, 2.24) is 10.2 Å². The summed E-state index contributed by atoms with van der Waals surface area (Å²) in [5.41, 5.74) is 1.51. The van der Waals surface area contributed by atoms with Gasteiger partial charge in [-0.2, -0.15) is 0 Å². The van der Waals surface area contributed by atoms with E-state index >= 15 is 0 Å². The first-order valence-electron chi connectivity index (χ1n) is 12.7. The molecule has 11 heteroatoms. The molecule has 7 nitrogen and oxygen atoms in total. The number of anilines is 1. The van der Waals surface area contributed by atoms with E-state index in [1.54, 1.807) is 68.4 Å². The number of nitrogens with zero attached hydrogens (tertiary/aromatic N) is 2. The number of aryl methyl sites for hydroxylation is 1. The fourth-order valence-electron chi connectivity index (χ4n) is 4.27. The van der Waals surface area contributed by atoms with Gasteiger partial charge in [0.25, 0.3) is 10.0 Å². The fraction of sp³-hybridized carbons (Fsp3) is 0.310. The van der Waals surface area contributed by atoms with Gasteiger partial charge in [0.15, 0.2) is 0 Å². The van der Waals surface area contributed by atoms with Crippen LogP contribution in [0.15, 0.2) is 71.6 Å². The summed E-state index contributed by atoms with van der Waals surface area (Å²) in [7, 11) is -4.17. The molecule has 0 heterocycles. The van der Waals surface area contributed by atoms with E-state index in [1.165, 1.54) is 17.0 Å². The molecule has 3 aromatic rings. The number of nitrogens with one attached hydrogen (secondary N) is 1. The molecule has 0 radical (unpaired) electrons. The standard InChI is InChI=1S/C29H32Cl3N3O4S/c1-5-26(29(37)33-19(2)3)34(17-21-11-13-24(31)25(32)16-21)28(36)18-35(27-14-12-22(30)15-20(27)4)40(38,39)23-9-7-6-8-10-23/h6-16,19,26H,5,17-18H2,1-4H3,(H,33,37). The van der Waals surface area contributed by atoms with Gasteiger partial charge in [-0.1, -0.05) is 66.0 Å². The van der Waals surface area contributed by atoms with Crippen molar-refractivity contribution in [3.05, 3.63) is 92.9 Å². The number of amides is 2. The molecule has 3 aromatic carbocycles. The highest BCUT2D eigenvalue weighted by Gasteiger charge is 2.34. The molecule has 40 heavy (non-hydrogen) atoms. The van der Waals surface area contributed by atoms with Crippen LogP contribution < -0.4 is 9.62 Å². The first kappa shape index (κ1) is 31.7. The summed E-state index contributed by atoms with van der Waals surface area (Å²) in [6.07, 6.45) is 0.303. The van der Waals surface area contributed by atoms with Gasteiger partial charge in [0.2, 0.25) is 11.8 Å². The summed E-state index contributed by atoms with van der Waals surface area (Å²) < 4.78 is 28.9. The van der Waals surface area contributed by atoms with Crippen LogP contribution in [0.3, 0.4) is 0 Å². The van der Waals surface area contributed by atoms with Crippen molar-refractivity contribution >= 4 is 62.3 Å². The van der Waals surface area contributed by atoms with Gasteiger partial charge in [0.1, 0.15) is 12.6 Å². The van der Waals surface area contributed by atoms with Crippen molar-refractivity contribution in [3.63, 3.8) is 0 Å². The van der Waals surface area contributed by atoms with E-state index in [0.717, 1.165) is 4.31 Å². The molecule has 1 atom stereocenters. The highest BCUT2D eigenvalue weighted by Crippen LogP contribution is 2.30. The van der Waals surface area contributed by atoms with Crippen LogP contribution in [0.5, 0.6) is 0 Å². The molecule has 0 aliphatic rings. The van der Waals surface area contributed by atoms with Gasteiger partial charge in [-0.25, -0.2) is 8.42 Å². The van der Waals surface area contributed by atoms with Crippen LogP contribution >= 0.6 is 34.8 Å². The molecule has 0 aliphatic carbocycles. The van der Waals surface area contributed by atoms with Crippen molar-refractivity contribution in [2.75, 3.05) is 10.8 Å². The lowest BCUT2D eigenvalue weighted by atomic mass is 10.1. The molecule has 1 unspecified atom stereocenters. The summed E-state index contributed by atoms with van der Waals surface area (Å²) in [6.45, 7) is 6.63. The topological polar surface area (TPSA) is 86.8 Å². The van der Waals surface area contributed by atoms with Crippen molar-refractivity contribution in [2.24, 2.45) is 0 Å². The average Bonchev–Trinajstić information content (AvgIpc) is 2.89. The number of sulfonamides is 1. The zero-order chi connectivity index (χ0) is 29.6. The Kier molecular flexibility index (Phi) is 10.9. The van der Waals surface area contributed by atoms with Crippen LogP contribution in [0.25, 0.3) is 0 Å². The van der Waals surface area contributed by atoms with Gasteiger partial charge in [-0.05, 0) is 80.8 Å². The minimum atomic E-state index is -4.17. The highest BCUT2D eigenvalue weighted by molar-refractivity contribution is 7.92. The first-order valence-corrected chi connectivity index (χ1v) is 15.3. The molecular formula is C29H32Cl3N3O4S. The Morgan fingerprint density at radius 1 is 0.925 bits per heavy atom. The summed E-state index contributed by atoms with van der Waals surface area (Å²) in [6, 6.07) is 16.6. The molecule has 3 rings (SSSR count). The Hall–Kier alpha value is -2.78. The number of rotatable bonds is 11. The summed E-state index contributed by atoms with van der Waals surface area (Å²) >= 11 is 18.5. The van der Waals surface area contributed by atoms with Gasteiger partial charge in [0.05, 0.1) is 20.6 Å². The van der Waals surface area contributed by atoms with Crippen LogP contribution in [0.2, 0.25) is 15.1 Å². The lowest BCUT2D eigenvalue weighted by Crippen LogP contribution is -2.53. The number of carbonyl (C=O) groups excluding carboxylic acids is 2. The monoisotopic (exact) mass is 623 g/mol. The molecule has 0 aromatic heterocycles. The highest BCUT2D eigenvalue weighted by atomic mass is 35.5. The normalized spacial score (nSPS) is 12.2. The van der Waals surface area contributed by atoms with Crippen molar-refractivity contribution in [3.8, 4) is 0 Å². The number of benzene rings is 3. The number of hydrogen-bond donors (Lipinski definition) is 1. The van der Waals surface area contributed by atoms with Gasteiger partial charge in [0, 0.05) is 17.6 Å². The van der Waals surface area contributed by atoms with Gasteiger partial charge in [-0.15, -0.1) is 0 Å². The fourth-order valence-corrected chi connectivity index (χ4v) is 6.31. The molecule has 0 saturated heterocycles. The van der Waals surface area contributed by atoms with E-state index in [9.17, 15) is 18.0 Å². The number of hydrogen-bond acceptors (Lipinski definition) is 4. The SMILES string of the molecule is CCC(C(=O)NC(C)C)N(Cc1ccc(Cl)c(Cl)c1)C(=O)CN(c1ccc(Cl)cc1C)S(=O)(=O)c1ccccc1. The second-order valence-electron chi connectivity index (χ2n) is 9.61. The Labute approximate surface area is 251 Å². The predicted octanol–water partition coefficient (Wildman–Crippen LogP) is 6.48. The van der Waals surface area contributed by atoms with E-state index in [-0.39, 0.29) is 23.4 Å². The molecule has 1 N–H and O–H groups in total. The molecule has 0 spiro atoms. The van der Waals surface area contributed by atoms with E-state index in [2.05, 4.69) is 5.32 Å². The van der Waals surface area contributed by atoms with Gasteiger partial charge >= 0.3 is 0 Å². The second kappa shape index (κ2) is 13.7. The van der Waals surface area contributed by atoms with Crippen LogP contribution in [0.1, 0.15) is 38.3 Å². The van der Waals surface area contributed by atoms with Crippen LogP contribution in [-0.4, -0.2) is 43.8 Å². The third-order valence-corrected chi connectivity index (χ3v) is 8.94. The molecule has 214 valence electrons. The predicted molar refractivity (Wildman–Crippen MR) is 162 cm³/mol. The Balaban J connectivity index is 2.10. The second-order valence-corrected chi connectivity index (χ2v) is 12.7. The number of halogens is 3. The van der Waals surface area contributed by atoms with Crippen LogP contribution in [0.4, 0.5) is 5.69 Å². The van der Waals surface area contributed by atoms with Gasteiger partial charge in [-0.3, -0.25) is 13.9 Å². The third-order valence-electron chi connectivity index (χ3n) is 6.19. The Morgan fingerprint density at radius 3 is 2.17 bits per heavy atom. The number of carbonyl (C=O) groups is 2. The van der Waals surface area contributed by atoms with E-state index in [0.29, 0.717) is 38.3 Å². The molecule has 0 bridgehead atoms. The minimum absolute atomic E-state index is 0.0125. The van der Waals surface area contributed by atoms with Crippen LogP contribution in [-0.2, 0) is 26.2 Å². The molecular weight excluding hydrogens is 593 g/mol. The largest absolute Gasteiger partial charge is 0.352 e. The zero-order valence-electron chi connectivity index (χ0n) is 22.7. The van der Waals surface area contributed by atoms with E-state index in [4.69, 9.17) is 34.8 Å². The Bertz CT molecular complexity index is 1470. The quantitative estimate of drug-likeness (QED) is 0.265. The minimum Gasteiger partial charge on any atom is -0.352 e. The van der Waals surface area contributed by atoms with Crippen molar-refractivity contribution < 1.29 is 18.0 Å². The maximum atomic E-state index is 14.1. The third kappa shape index (κ3) is 7.69. The van der Waals surface area contributed by atoms with Crippen molar-refractivity contribution in [2.45, 2.75) is 57.6 Å². The van der Waals surface area contributed by atoms with Crippen molar-refractivity contribution in [1.29, 1.82) is 0 Å². The smallest absolute Gasteiger partial charge is 0.264 e. The van der Waals surface area contributed by atoms with Gasteiger partial charge < -0.3 is 10.2 Å².